The van der Waals surface area contributed by atoms with E-state index in [4.69, 9.17) is 4.74 Å². The standard InChI is InChI=1S/C7H15BrO3S/c1-7(5-8)6-12(9,10)4-3-11-2/h7H,3-6H2,1-2H3. The van der Waals surface area contributed by atoms with Crippen molar-refractivity contribution < 1.29 is 13.2 Å². The second-order valence-electron chi connectivity index (χ2n) is 2.87. The lowest BCUT2D eigenvalue weighted by Crippen LogP contribution is -2.20. The molecule has 1 unspecified atom stereocenters. The smallest absolute Gasteiger partial charge is 0.152 e. The Balaban J connectivity index is 3.88. The van der Waals surface area contributed by atoms with Gasteiger partial charge in [0.15, 0.2) is 9.84 Å². The summed E-state index contributed by atoms with van der Waals surface area (Å²) < 4.78 is 27.2. The maximum Gasteiger partial charge on any atom is 0.152 e. The molecule has 12 heavy (non-hydrogen) atoms. The zero-order valence-corrected chi connectivity index (χ0v) is 9.82. The molecular weight excluding hydrogens is 244 g/mol. The van der Waals surface area contributed by atoms with Crippen molar-refractivity contribution in [1.29, 1.82) is 0 Å². The lowest BCUT2D eigenvalue weighted by Gasteiger charge is -2.07. The topological polar surface area (TPSA) is 43.4 Å². The number of sulfone groups is 1. The third-order valence-electron chi connectivity index (χ3n) is 1.40. The first-order valence-electron chi connectivity index (χ1n) is 3.77. The summed E-state index contributed by atoms with van der Waals surface area (Å²) in [6.45, 7) is 2.19. The second kappa shape index (κ2) is 5.94. The first kappa shape index (κ1) is 12.4. The minimum Gasteiger partial charge on any atom is -0.384 e. The van der Waals surface area contributed by atoms with Crippen molar-refractivity contribution in [3.05, 3.63) is 0 Å². The molecule has 0 aromatic heterocycles. The van der Waals surface area contributed by atoms with Crippen molar-refractivity contribution in [3.8, 4) is 0 Å². The molecule has 0 rings (SSSR count). The van der Waals surface area contributed by atoms with E-state index in [2.05, 4.69) is 15.9 Å². The van der Waals surface area contributed by atoms with Gasteiger partial charge in [-0.1, -0.05) is 22.9 Å². The first-order chi connectivity index (χ1) is 5.52. The molecule has 0 spiro atoms. The Morgan fingerprint density at radius 3 is 2.50 bits per heavy atom. The van der Waals surface area contributed by atoms with Gasteiger partial charge >= 0.3 is 0 Å². The monoisotopic (exact) mass is 258 g/mol. The van der Waals surface area contributed by atoms with Gasteiger partial charge in [0.05, 0.1) is 18.1 Å². The van der Waals surface area contributed by atoms with Crippen LogP contribution in [-0.2, 0) is 14.6 Å². The van der Waals surface area contributed by atoms with Crippen LogP contribution in [0.4, 0.5) is 0 Å². The highest BCUT2D eigenvalue weighted by Crippen LogP contribution is 2.05. The van der Waals surface area contributed by atoms with Crippen LogP contribution in [0.15, 0.2) is 0 Å². The largest absolute Gasteiger partial charge is 0.384 e. The van der Waals surface area contributed by atoms with E-state index < -0.39 is 9.84 Å². The molecule has 0 bridgehead atoms. The van der Waals surface area contributed by atoms with Crippen LogP contribution in [-0.4, -0.2) is 39.0 Å². The van der Waals surface area contributed by atoms with Crippen molar-refractivity contribution in [2.45, 2.75) is 6.92 Å². The van der Waals surface area contributed by atoms with Crippen molar-refractivity contribution in [2.24, 2.45) is 5.92 Å². The summed E-state index contributed by atoms with van der Waals surface area (Å²) >= 11 is 3.24. The van der Waals surface area contributed by atoms with Crippen molar-refractivity contribution in [3.63, 3.8) is 0 Å². The highest BCUT2D eigenvalue weighted by molar-refractivity contribution is 9.09. The molecule has 0 aliphatic carbocycles. The fourth-order valence-electron chi connectivity index (χ4n) is 0.772. The van der Waals surface area contributed by atoms with E-state index in [-0.39, 0.29) is 24.0 Å². The third-order valence-corrected chi connectivity index (χ3v) is 4.37. The van der Waals surface area contributed by atoms with Crippen LogP contribution < -0.4 is 0 Å². The van der Waals surface area contributed by atoms with Gasteiger partial charge < -0.3 is 4.74 Å². The summed E-state index contributed by atoms with van der Waals surface area (Å²) in [5.41, 5.74) is 0. The van der Waals surface area contributed by atoms with E-state index in [9.17, 15) is 8.42 Å². The zero-order valence-electron chi connectivity index (χ0n) is 7.42. The quantitative estimate of drug-likeness (QED) is 0.670. The molecule has 0 N–H and O–H groups in total. The lowest BCUT2D eigenvalue weighted by atomic mass is 10.3. The van der Waals surface area contributed by atoms with Gasteiger partial charge in [-0.3, -0.25) is 0 Å². The Morgan fingerprint density at radius 1 is 1.50 bits per heavy atom. The van der Waals surface area contributed by atoms with Crippen molar-refractivity contribution in [1.82, 2.24) is 0 Å². The van der Waals surface area contributed by atoms with Gasteiger partial charge in [-0.25, -0.2) is 8.42 Å². The average molecular weight is 259 g/mol. The van der Waals surface area contributed by atoms with Gasteiger partial charge in [0, 0.05) is 12.4 Å². The molecule has 0 radical (unpaired) electrons. The number of ether oxygens (including phenoxy) is 1. The van der Waals surface area contributed by atoms with Crippen molar-refractivity contribution in [2.75, 3.05) is 30.6 Å². The fourth-order valence-corrected chi connectivity index (χ4v) is 2.88. The molecule has 0 aliphatic rings. The second-order valence-corrected chi connectivity index (χ2v) is 5.74. The molecule has 0 aromatic carbocycles. The van der Waals surface area contributed by atoms with Gasteiger partial charge in [-0.15, -0.1) is 0 Å². The Labute approximate surface area is 82.5 Å². The number of halogens is 1. The molecule has 0 aromatic rings. The van der Waals surface area contributed by atoms with Gasteiger partial charge in [-0.05, 0) is 5.92 Å². The van der Waals surface area contributed by atoms with Gasteiger partial charge in [-0.2, -0.15) is 0 Å². The number of hydrogen-bond donors (Lipinski definition) is 0. The van der Waals surface area contributed by atoms with E-state index in [0.29, 0.717) is 0 Å². The SMILES string of the molecule is COCCS(=O)(=O)CC(C)CBr. The predicted molar refractivity (Wildman–Crippen MR) is 53.5 cm³/mol. The minimum absolute atomic E-state index is 0.126. The minimum atomic E-state index is -2.91. The molecule has 1 atom stereocenters. The zero-order chi connectivity index (χ0) is 9.61. The summed E-state index contributed by atoms with van der Waals surface area (Å²) in [5, 5.41) is 0.721. The highest BCUT2D eigenvalue weighted by Gasteiger charge is 2.14. The maximum atomic E-state index is 11.3. The summed E-state index contributed by atoms with van der Waals surface area (Å²) in [6, 6.07) is 0. The summed E-state index contributed by atoms with van der Waals surface area (Å²) in [7, 11) is -1.41. The first-order valence-corrected chi connectivity index (χ1v) is 6.71. The summed E-state index contributed by atoms with van der Waals surface area (Å²) in [4.78, 5) is 0. The molecule has 0 amide bonds. The number of hydrogen-bond acceptors (Lipinski definition) is 3. The van der Waals surface area contributed by atoms with Gasteiger partial charge in [0.2, 0.25) is 0 Å². The van der Waals surface area contributed by atoms with Crippen LogP contribution in [0.5, 0.6) is 0 Å². The number of methoxy groups -OCH3 is 1. The molecule has 0 saturated heterocycles. The van der Waals surface area contributed by atoms with Gasteiger partial charge in [0.25, 0.3) is 0 Å². The van der Waals surface area contributed by atoms with E-state index in [1.165, 1.54) is 7.11 Å². The molecule has 0 heterocycles. The molecule has 0 saturated carbocycles. The molecular formula is C7H15BrO3S. The molecule has 3 nitrogen and oxygen atoms in total. The lowest BCUT2D eigenvalue weighted by molar-refractivity contribution is 0.217. The predicted octanol–water partition coefficient (Wildman–Crippen LogP) is 1.08. The third kappa shape index (κ3) is 5.97. The normalized spacial score (nSPS) is 14.6. The average Bonchev–Trinajstić information content (AvgIpc) is 2.00. The Hall–Kier alpha value is 0.390. The Morgan fingerprint density at radius 2 is 2.08 bits per heavy atom. The van der Waals surface area contributed by atoms with Crippen LogP contribution in [0.25, 0.3) is 0 Å². The molecule has 74 valence electrons. The van der Waals surface area contributed by atoms with E-state index in [0.717, 1.165) is 5.33 Å². The number of rotatable bonds is 6. The number of alkyl halides is 1. The maximum absolute atomic E-state index is 11.3. The van der Waals surface area contributed by atoms with Gasteiger partial charge in [0.1, 0.15) is 0 Å². The summed E-state index contributed by atoms with van der Waals surface area (Å²) in [6.07, 6.45) is 0. The van der Waals surface area contributed by atoms with Crippen molar-refractivity contribution >= 4 is 25.8 Å². The fraction of sp³-hybridized carbons (Fsp3) is 1.00. The Kier molecular flexibility index (Phi) is 6.13. The van der Waals surface area contributed by atoms with E-state index in [1.807, 2.05) is 6.92 Å². The van der Waals surface area contributed by atoms with Crippen LogP contribution in [0.2, 0.25) is 0 Å². The van der Waals surface area contributed by atoms with Crippen LogP contribution in [0.3, 0.4) is 0 Å². The molecule has 0 fully saturated rings. The van der Waals surface area contributed by atoms with Crippen LogP contribution in [0.1, 0.15) is 6.92 Å². The van der Waals surface area contributed by atoms with E-state index in [1.54, 1.807) is 0 Å². The molecule has 5 heteroatoms. The Bertz CT molecular complexity index is 201. The molecule has 0 aliphatic heterocycles. The van der Waals surface area contributed by atoms with E-state index >= 15 is 0 Å². The van der Waals surface area contributed by atoms with Crippen LogP contribution >= 0.6 is 15.9 Å². The summed E-state index contributed by atoms with van der Waals surface area (Å²) in [5.74, 6) is 0.537. The highest BCUT2D eigenvalue weighted by atomic mass is 79.9. The van der Waals surface area contributed by atoms with Crippen LogP contribution in [0, 0.1) is 5.92 Å².